The van der Waals surface area contributed by atoms with E-state index in [0.29, 0.717) is 5.69 Å². The lowest BCUT2D eigenvalue weighted by Gasteiger charge is -2.10. The standard InChI is InChI=1S/C20H20ClFN4O4/c1-12(20(29)26-10-14-3-2-13(9-25-14)19(23)28)6-7-24-18(27)11-30-15-4-5-16(21)17(22)8-15/h2-5,8-9H,1,6-7,10-11H2,(H2,23,28)(H,24,27)(H,26,29). The van der Waals surface area contributed by atoms with Crippen molar-refractivity contribution in [3.05, 3.63) is 70.8 Å². The number of nitrogens with zero attached hydrogens (tertiary/aromatic N) is 1. The van der Waals surface area contributed by atoms with E-state index in [4.69, 9.17) is 22.1 Å². The van der Waals surface area contributed by atoms with Crippen molar-refractivity contribution in [3.8, 4) is 5.75 Å². The number of hydrogen-bond acceptors (Lipinski definition) is 5. The summed E-state index contributed by atoms with van der Waals surface area (Å²) >= 11 is 5.57. The zero-order valence-electron chi connectivity index (χ0n) is 15.9. The molecule has 0 unspecified atom stereocenters. The van der Waals surface area contributed by atoms with Crippen LogP contribution in [0.4, 0.5) is 4.39 Å². The van der Waals surface area contributed by atoms with E-state index in [2.05, 4.69) is 22.2 Å². The molecule has 1 aromatic carbocycles. The van der Waals surface area contributed by atoms with Gasteiger partial charge in [-0.15, -0.1) is 0 Å². The predicted octanol–water partition coefficient (Wildman–Crippen LogP) is 1.73. The third-order valence-corrected chi connectivity index (χ3v) is 4.18. The molecule has 30 heavy (non-hydrogen) atoms. The van der Waals surface area contributed by atoms with E-state index in [1.165, 1.54) is 24.4 Å². The molecule has 0 bridgehead atoms. The van der Waals surface area contributed by atoms with Crippen molar-refractivity contribution < 1.29 is 23.5 Å². The summed E-state index contributed by atoms with van der Waals surface area (Å²) in [7, 11) is 0. The predicted molar refractivity (Wildman–Crippen MR) is 108 cm³/mol. The Bertz CT molecular complexity index is 950. The first-order chi connectivity index (χ1) is 14.3. The zero-order valence-corrected chi connectivity index (χ0v) is 16.7. The highest BCUT2D eigenvalue weighted by Gasteiger charge is 2.10. The highest BCUT2D eigenvalue weighted by molar-refractivity contribution is 6.30. The van der Waals surface area contributed by atoms with Gasteiger partial charge in [-0.05, 0) is 30.7 Å². The number of primary amides is 1. The Kier molecular flexibility index (Phi) is 8.30. The third-order valence-electron chi connectivity index (χ3n) is 3.87. The number of carbonyl (C=O) groups is 3. The summed E-state index contributed by atoms with van der Waals surface area (Å²) in [5.74, 6) is -1.88. The van der Waals surface area contributed by atoms with Crippen LogP contribution in [0.5, 0.6) is 5.75 Å². The minimum Gasteiger partial charge on any atom is -0.484 e. The molecule has 0 radical (unpaired) electrons. The van der Waals surface area contributed by atoms with Gasteiger partial charge in [-0.1, -0.05) is 18.2 Å². The first-order valence-electron chi connectivity index (χ1n) is 8.81. The van der Waals surface area contributed by atoms with Gasteiger partial charge in [-0.2, -0.15) is 0 Å². The number of amides is 3. The molecule has 4 N–H and O–H groups in total. The molecule has 0 saturated heterocycles. The molecule has 2 rings (SSSR count). The molecule has 0 aliphatic heterocycles. The average molecular weight is 435 g/mol. The Labute approximate surface area is 177 Å². The highest BCUT2D eigenvalue weighted by atomic mass is 35.5. The van der Waals surface area contributed by atoms with Crippen LogP contribution in [0.25, 0.3) is 0 Å². The topological polar surface area (TPSA) is 123 Å². The number of aromatic nitrogens is 1. The van der Waals surface area contributed by atoms with Crippen LogP contribution in [-0.4, -0.2) is 35.9 Å². The second kappa shape index (κ2) is 10.9. The number of pyridine rings is 1. The van der Waals surface area contributed by atoms with Gasteiger partial charge >= 0.3 is 0 Å². The molecule has 1 aromatic heterocycles. The molecule has 3 amide bonds. The number of nitrogens with two attached hydrogens (primary N) is 1. The van der Waals surface area contributed by atoms with Crippen molar-refractivity contribution in [1.29, 1.82) is 0 Å². The van der Waals surface area contributed by atoms with E-state index in [-0.39, 0.29) is 48.0 Å². The lowest BCUT2D eigenvalue weighted by Crippen LogP contribution is -2.31. The van der Waals surface area contributed by atoms with Crippen LogP contribution in [0.3, 0.4) is 0 Å². The van der Waals surface area contributed by atoms with Crippen molar-refractivity contribution >= 4 is 29.3 Å². The molecule has 10 heteroatoms. The molecule has 8 nitrogen and oxygen atoms in total. The van der Waals surface area contributed by atoms with Gasteiger partial charge < -0.3 is 21.1 Å². The summed E-state index contributed by atoms with van der Waals surface area (Å²) in [5, 5.41) is 5.18. The maximum atomic E-state index is 13.3. The normalized spacial score (nSPS) is 10.2. The SMILES string of the molecule is C=C(CCNC(=O)COc1ccc(Cl)c(F)c1)C(=O)NCc1ccc(C(N)=O)cn1. The van der Waals surface area contributed by atoms with Gasteiger partial charge in [0.2, 0.25) is 11.8 Å². The number of hydrogen-bond donors (Lipinski definition) is 3. The van der Waals surface area contributed by atoms with Gasteiger partial charge in [0.25, 0.3) is 5.91 Å². The molecule has 1 heterocycles. The van der Waals surface area contributed by atoms with E-state index in [0.717, 1.165) is 6.07 Å². The lowest BCUT2D eigenvalue weighted by atomic mass is 10.2. The maximum Gasteiger partial charge on any atom is 0.257 e. The van der Waals surface area contributed by atoms with Crippen molar-refractivity contribution in [1.82, 2.24) is 15.6 Å². The monoisotopic (exact) mass is 434 g/mol. The third kappa shape index (κ3) is 7.17. The summed E-state index contributed by atoms with van der Waals surface area (Å²) in [5.41, 5.74) is 6.22. The van der Waals surface area contributed by atoms with Crippen molar-refractivity contribution in [2.45, 2.75) is 13.0 Å². The molecule has 0 aliphatic rings. The van der Waals surface area contributed by atoms with E-state index < -0.39 is 23.5 Å². The fraction of sp³-hybridized carbons (Fsp3) is 0.200. The summed E-state index contributed by atoms with van der Waals surface area (Å²) in [4.78, 5) is 38.8. The zero-order chi connectivity index (χ0) is 22.1. The Balaban J connectivity index is 1.66. The molecular formula is C20H20ClFN4O4. The molecular weight excluding hydrogens is 415 g/mol. The van der Waals surface area contributed by atoms with E-state index in [1.54, 1.807) is 6.07 Å². The largest absolute Gasteiger partial charge is 0.484 e. The van der Waals surface area contributed by atoms with Gasteiger partial charge in [0, 0.05) is 24.4 Å². The van der Waals surface area contributed by atoms with Crippen LogP contribution in [0.2, 0.25) is 5.02 Å². The van der Waals surface area contributed by atoms with Gasteiger partial charge in [0.1, 0.15) is 11.6 Å². The second-order valence-electron chi connectivity index (χ2n) is 6.15. The van der Waals surface area contributed by atoms with Gasteiger partial charge in [-0.3, -0.25) is 19.4 Å². The van der Waals surface area contributed by atoms with Crippen LogP contribution in [0.15, 0.2) is 48.7 Å². The molecule has 2 aromatic rings. The minimum atomic E-state index is -0.643. The van der Waals surface area contributed by atoms with Crippen LogP contribution in [0.1, 0.15) is 22.5 Å². The number of ether oxygens (including phenoxy) is 1. The summed E-state index contributed by atoms with van der Waals surface area (Å²) in [6, 6.07) is 6.95. The van der Waals surface area contributed by atoms with Crippen LogP contribution >= 0.6 is 11.6 Å². The second-order valence-corrected chi connectivity index (χ2v) is 6.56. The van der Waals surface area contributed by atoms with Crippen molar-refractivity contribution in [2.24, 2.45) is 5.73 Å². The number of halogens is 2. The summed E-state index contributed by atoms with van der Waals surface area (Å²) in [6.07, 6.45) is 1.55. The molecule has 0 fully saturated rings. The van der Waals surface area contributed by atoms with Crippen LogP contribution in [0, 0.1) is 5.82 Å². The van der Waals surface area contributed by atoms with E-state index in [1.807, 2.05) is 0 Å². The molecule has 158 valence electrons. The number of nitrogens with one attached hydrogen (secondary N) is 2. The first-order valence-corrected chi connectivity index (χ1v) is 9.19. The fourth-order valence-corrected chi connectivity index (χ4v) is 2.32. The van der Waals surface area contributed by atoms with Crippen molar-refractivity contribution in [2.75, 3.05) is 13.2 Å². The maximum absolute atomic E-state index is 13.3. The number of benzene rings is 1. The average Bonchev–Trinajstić information content (AvgIpc) is 2.73. The fourth-order valence-electron chi connectivity index (χ4n) is 2.20. The van der Waals surface area contributed by atoms with Gasteiger partial charge in [-0.25, -0.2) is 4.39 Å². The Morgan fingerprint density at radius 3 is 2.60 bits per heavy atom. The van der Waals surface area contributed by atoms with Crippen LogP contribution in [-0.2, 0) is 16.1 Å². The minimum absolute atomic E-state index is 0.0398. The Morgan fingerprint density at radius 2 is 1.97 bits per heavy atom. The van der Waals surface area contributed by atoms with Crippen molar-refractivity contribution in [3.63, 3.8) is 0 Å². The quantitative estimate of drug-likeness (QED) is 0.491. The lowest BCUT2D eigenvalue weighted by molar-refractivity contribution is -0.123. The first kappa shape index (κ1) is 22.8. The summed E-state index contributed by atoms with van der Waals surface area (Å²) < 4.78 is 18.5. The number of carbonyl (C=O) groups excluding carboxylic acids is 3. The van der Waals surface area contributed by atoms with Gasteiger partial charge in [0.15, 0.2) is 6.61 Å². The Morgan fingerprint density at radius 1 is 1.20 bits per heavy atom. The number of rotatable bonds is 10. The van der Waals surface area contributed by atoms with E-state index in [9.17, 15) is 18.8 Å². The molecule has 0 aliphatic carbocycles. The smallest absolute Gasteiger partial charge is 0.257 e. The van der Waals surface area contributed by atoms with Gasteiger partial charge in [0.05, 0.1) is 22.8 Å². The molecule has 0 atom stereocenters. The molecule has 0 spiro atoms. The Hall–Kier alpha value is -3.46. The van der Waals surface area contributed by atoms with E-state index >= 15 is 0 Å². The van der Waals surface area contributed by atoms with Crippen LogP contribution < -0.4 is 21.1 Å². The highest BCUT2D eigenvalue weighted by Crippen LogP contribution is 2.20. The summed E-state index contributed by atoms with van der Waals surface area (Å²) in [6.45, 7) is 3.69. The molecule has 0 saturated carbocycles.